The number of non-ortho nitro benzene ring substituents is 1. The zero-order chi connectivity index (χ0) is 21.7. The molecule has 1 heterocycles. The molecular weight excluding hydrogens is 447 g/mol. The van der Waals surface area contributed by atoms with Crippen molar-refractivity contribution in [1.82, 2.24) is 10.2 Å². The van der Waals surface area contributed by atoms with Gasteiger partial charge in [0.2, 0.25) is 5.91 Å². The average Bonchev–Trinajstić information content (AvgIpc) is 2.73. The highest BCUT2D eigenvalue weighted by Gasteiger charge is 2.22. The normalized spacial score (nSPS) is 14.1. The Balaban J connectivity index is 1.52. The van der Waals surface area contributed by atoms with Crippen LogP contribution in [0.4, 0.5) is 11.4 Å². The van der Waals surface area contributed by atoms with Crippen LogP contribution in [0.1, 0.15) is 5.56 Å². The third kappa shape index (κ3) is 5.69. The number of anilines is 1. The van der Waals surface area contributed by atoms with Crippen molar-refractivity contribution >= 4 is 63.9 Å². The van der Waals surface area contributed by atoms with Crippen LogP contribution in [-0.4, -0.2) is 47.0 Å². The summed E-state index contributed by atoms with van der Waals surface area (Å²) >= 11 is 17.4. The number of nitro groups is 1. The number of carbonyl (C=O) groups is 1. The maximum absolute atomic E-state index is 12.1. The van der Waals surface area contributed by atoms with E-state index in [-0.39, 0.29) is 11.6 Å². The Morgan fingerprint density at radius 2 is 1.77 bits per heavy atom. The summed E-state index contributed by atoms with van der Waals surface area (Å²) in [5.41, 5.74) is 1.55. The van der Waals surface area contributed by atoms with E-state index in [1.54, 1.807) is 24.3 Å². The van der Waals surface area contributed by atoms with Gasteiger partial charge < -0.3 is 9.80 Å². The number of amides is 1. The first-order valence-electron chi connectivity index (χ1n) is 9.06. The molecule has 2 aromatic carbocycles. The average molecular weight is 465 g/mol. The summed E-state index contributed by atoms with van der Waals surface area (Å²) in [7, 11) is 0. The number of piperazine rings is 1. The predicted octanol–water partition coefficient (Wildman–Crippen LogP) is 4.14. The molecule has 156 valence electrons. The Bertz CT molecular complexity index is 990. The van der Waals surface area contributed by atoms with Gasteiger partial charge in [-0.25, -0.2) is 0 Å². The largest absolute Gasteiger partial charge is 0.367 e. The number of thiocarbonyl (C=S) groups is 1. The minimum atomic E-state index is -0.476. The lowest BCUT2D eigenvalue weighted by Gasteiger charge is -2.37. The van der Waals surface area contributed by atoms with Gasteiger partial charge in [0.05, 0.1) is 15.6 Å². The van der Waals surface area contributed by atoms with Gasteiger partial charge in [-0.2, -0.15) is 0 Å². The highest BCUT2D eigenvalue weighted by atomic mass is 35.5. The molecule has 1 N–H and O–H groups in total. The van der Waals surface area contributed by atoms with Crippen LogP contribution < -0.4 is 10.2 Å². The molecule has 0 atom stereocenters. The van der Waals surface area contributed by atoms with E-state index in [0.29, 0.717) is 41.3 Å². The van der Waals surface area contributed by atoms with E-state index in [1.165, 1.54) is 18.2 Å². The smallest absolute Gasteiger partial charge is 0.271 e. The summed E-state index contributed by atoms with van der Waals surface area (Å²) < 4.78 is 0. The number of nitro benzene ring substituents is 1. The van der Waals surface area contributed by atoms with E-state index >= 15 is 0 Å². The molecule has 1 fully saturated rings. The van der Waals surface area contributed by atoms with Gasteiger partial charge >= 0.3 is 0 Å². The Morgan fingerprint density at radius 3 is 2.37 bits per heavy atom. The maximum Gasteiger partial charge on any atom is 0.271 e. The minimum Gasteiger partial charge on any atom is -0.367 e. The van der Waals surface area contributed by atoms with E-state index in [9.17, 15) is 14.9 Å². The first-order valence-corrected chi connectivity index (χ1v) is 10.2. The SMILES string of the molecule is O=C(/C=C/c1ccc(Cl)cc1)NC(=S)N1CCN(c2ccc([N+](=O)[O-])cc2Cl)CC1. The van der Waals surface area contributed by atoms with Crippen molar-refractivity contribution in [2.75, 3.05) is 31.1 Å². The van der Waals surface area contributed by atoms with E-state index in [2.05, 4.69) is 5.32 Å². The summed E-state index contributed by atoms with van der Waals surface area (Å²) in [6, 6.07) is 11.6. The molecule has 1 saturated heterocycles. The second kappa shape index (κ2) is 9.88. The van der Waals surface area contributed by atoms with Crippen molar-refractivity contribution in [3.63, 3.8) is 0 Å². The molecule has 1 aliphatic rings. The Kier molecular flexibility index (Phi) is 7.25. The van der Waals surface area contributed by atoms with E-state index in [0.717, 1.165) is 11.3 Å². The molecule has 0 saturated carbocycles. The van der Waals surface area contributed by atoms with E-state index in [1.807, 2.05) is 21.9 Å². The van der Waals surface area contributed by atoms with Crippen LogP contribution in [-0.2, 0) is 4.79 Å². The molecule has 2 aromatic rings. The number of hydrogen-bond donors (Lipinski definition) is 1. The molecule has 0 unspecified atom stereocenters. The van der Waals surface area contributed by atoms with Crippen molar-refractivity contribution < 1.29 is 9.72 Å². The number of nitrogens with zero attached hydrogens (tertiary/aromatic N) is 3. The van der Waals surface area contributed by atoms with Crippen LogP contribution in [0, 0.1) is 10.1 Å². The lowest BCUT2D eigenvalue weighted by molar-refractivity contribution is -0.384. The summed E-state index contributed by atoms with van der Waals surface area (Å²) in [5.74, 6) is -0.309. The molecule has 30 heavy (non-hydrogen) atoms. The highest BCUT2D eigenvalue weighted by Crippen LogP contribution is 2.30. The van der Waals surface area contributed by atoms with Gasteiger partial charge in [0.1, 0.15) is 0 Å². The summed E-state index contributed by atoms with van der Waals surface area (Å²) in [6.45, 7) is 2.42. The van der Waals surface area contributed by atoms with Crippen molar-refractivity contribution in [3.8, 4) is 0 Å². The van der Waals surface area contributed by atoms with Gasteiger partial charge in [-0.3, -0.25) is 20.2 Å². The third-order valence-electron chi connectivity index (χ3n) is 4.58. The molecule has 10 heteroatoms. The van der Waals surface area contributed by atoms with Crippen molar-refractivity contribution in [1.29, 1.82) is 0 Å². The topological polar surface area (TPSA) is 78.7 Å². The Hall–Kier alpha value is -2.68. The van der Waals surface area contributed by atoms with Crippen LogP contribution in [0.5, 0.6) is 0 Å². The zero-order valence-corrected chi connectivity index (χ0v) is 18.1. The lowest BCUT2D eigenvalue weighted by Crippen LogP contribution is -2.52. The maximum atomic E-state index is 12.1. The lowest BCUT2D eigenvalue weighted by atomic mass is 10.2. The fourth-order valence-electron chi connectivity index (χ4n) is 2.99. The predicted molar refractivity (Wildman–Crippen MR) is 123 cm³/mol. The van der Waals surface area contributed by atoms with Gasteiger partial charge in [0.25, 0.3) is 5.69 Å². The summed E-state index contributed by atoms with van der Waals surface area (Å²) in [6.07, 6.45) is 3.10. The number of benzene rings is 2. The quantitative estimate of drug-likeness (QED) is 0.317. The van der Waals surface area contributed by atoms with Gasteiger partial charge in [-0.05, 0) is 42.1 Å². The minimum absolute atomic E-state index is 0.0436. The summed E-state index contributed by atoms with van der Waals surface area (Å²) in [4.78, 5) is 26.4. The van der Waals surface area contributed by atoms with E-state index < -0.39 is 4.92 Å². The molecule has 0 aromatic heterocycles. The zero-order valence-electron chi connectivity index (χ0n) is 15.8. The van der Waals surface area contributed by atoms with Crippen LogP contribution in [0.2, 0.25) is 10.0 Å². The third-order valence-corrected chi connectivity index (χ3v) is 5.49. The molecule has 0 radical (unpaired) electrons. The number of nitrogens with one attached hydrogen (secondary N) is 1. The molecule has 3 rings (SSSR count). The molecule has 0 spiro atoms. The standard InChI is InChI=1S/C20H18Cl2N4O3S/c21-15-4-1-14(2-5-15)3-8-19(27)23-20(30)25-11-9-24(10-12-25)18-7-6-16(26(28)29)13-17(18)22/h1-8,13H,9-12H2,(H,23,27,30)/b8-3+. The summed E-state index contributed by atoms with van der Waals surface area (Å²) in [5, 5.41) is 14.9. The number of rotatable bonds is 4. The van der Waals surface area contributed by atoms with Crippen LogP contribution >= 0.6 is 35.4 Å². The van der Waals surface area contributed by atoms with Gasteiger partial charge in [-0.1, -0.05) is 35.3 Å². The fraction of sp³-hybridized carbons (Fsp3) is 0.200. The van der Waals surface area contributed by atoms with Crippen molar-refractivity contribution in [3.05, 3.63) is 74.3 Å². The first-order chi connectivity index (χ1) is 14.3. The van der Waals surface area contributed by atoms with E-state index in [4.69, 9.17) is 35.4 Å². The van der Waals surface area contributed by atoms with Crippen LogP contribution in [0.15, 0.2) is 48.5 Å². The second-order valence-electron chi connectivity index (χ2n) is 6.55. The number of hydrogen-bond acceptors (Lipinski definition) is 5. The van der Waals surface area contributed by atoms with Gasteiger partial charge in [-0.15, -0.1) is 0 Å². The Morgan fingerprint density at radius 1 is 1.10 bits per heavy atom. The molecular formula is C20H18Cl2N4O3S. The fourth-order valence-corrected chi connectivity index (χ4v) is 3.69. The van der Waals surface area contributed by atoms with Gasteiger partial charge in [0, 0.05) is 49.4 Å². The number of halogens is 2. The molecule has 0 bridgehead atoms. The Labute approximate surface area is 189 Å². The van der Waals surface area contributed by atoms with Crippen molar-refractivity contribution in [2.24, 2.45) is 0 Å². The highest BCUT2D eigenvalue weighted by molar-refractivity contribution is 7.80. The molecule has 1 aliphatic heterocycles. The monoisotopic (exact) mass is 464 g/mol. The van der Waals surface area contributed by atoms with Crippen LogP contribution in [0.3, 0.4) is 0 Å². The molecule has 0 aliphatic carbocycles. The van der Waals surface area contributed by atoms with Gasteiger partial charge in [0.15, 0.2) is 5.11 Å². The number of carbonyl (C=O) groups excluding carboxylic acids is 1. The first kappa shape index (κ1) is 22.0. The molecule has 1 amide bonds. The van der Waals surface area contributed by atoms with Crippen LogP contribution in [0.25, 0.3) is 6.08 Å². The second-order valence-corrected chi connectivity index (χ2v) is 7.78. The van der Waals surface area contributed by atoms with Crippen molar-refractivity contribution in [2.45, 2.75) is 0 Å². The molecule has 7 nitrogen and oxygen atoms in total.